The molecule has 0 bridgehead atoms. The minimum atomic E-state index is 0.470. The molecular weight excluding hydrogens is 316 g/mol. The number of hydrogen-bond donors (Lipinski definition) is 1. The van der Waals surface area contributed by atoms with Crippen LogP contribution in [0.1, 0.15) is 5.56 Å². The maximum absolute atomic E-state index is 5.98. The molecule has 20 heavy (non-hydrogen) atoms. The van der Waals surface area contributed by atoms with Gasteiger partial charge in [0.15, 0.2) is 5.75 Å². The minimum Gasteiger partial charge on any atom is -0.486 e. The monoisotopic (exact) mass is 328 g/mol. The molecule has 0 radical (unpaired) electrons. The molecule has 0 aliphatic rings. The predicted octanol–water partition coefficient (Wildman–Crippen LogP) is 4.16. The van der Waals surface area contributed by atoms with Crippen LogP contribution in [0.4, 0.5) is 5.69 Å². The van der Waals surface area contributed by atoms with Crippen molar-refractivity contribution in [1.29, 1.82) is 0 Å². The molecule has 0 amide bonds. The Morgan fingerprint density at radius 1 is 1.10 bits per heavy atom. The molecule has 0 fully saturated rings. The van der Waals surface area contributed by atoms with Crippen LogP contribution in [0.3, 0.4) is 0 Å². The largest absolute Gasteiger partial charge is 0.486 e. The van der Waals surface area contributed by atoms with Crippen molar-refractivity contribution in [2.75, 3.05) is 5.73 Å². The summed E-state index contributed by atoms with van der Waals surface area (Å²) in [5, 5.41) is 0.933. The summed E-state index contributed by atoms with van der Waals surface area (Å²) in [5.74, 6) is 0.690. The van der Waals surface area contributed by atoms with Crippen molar-refractivity contribution in [3.05, 3.63) is 64.8 Å². The first-order valence-electron chi connectivity index (χ1n) is 6.24. The van der Waals surface area contributed by atoms with Crippen molar-refractivity contribution in [2.24, 2.45) is 0 Å². The smallest absolute Gasteiger partial charge is 0.153 e. The zero-order chi connectivity index (χ0) is 13.9. The number of nitrogen functional groups attached to an aromatic ring is 1. The summed E-state index contributed by atoms with van der Waals surface area (Å²) in [6.45, 7) is 0.470. The number of anilines is 1. The van der Waals surface area contributed by atoms with Crippen LogP contribution in [-0.4, -0.2) is 4.98 Å². The number of hydrogen-bond acceptors (Lipinski definition) is 3. The van der Waals surface area contributed by atoms with E-state index in [1.165, 1.54) is 0 Å². The van der Waals surface area contributed by atoms with E-state index in [1.54, 1.807) is 6.20 Å². The first kappa shape index (κ1) is 12.9. The van der Waals surface area contributed by atoms with Crippen LogP contribution in [-0.2, 0) is 6.61 Å². The van der Waals surface area contributed by atoms with E-state index >= 15 is 0 Å². The summed E-state index contributed by atoms with van der Waals surface area (Å²) in [5.41, 5.74) is 8.50. The number of para-hydroxylation sites is 1. The molecule has 100 valence electrons. The number of nitrogens with zero attached hydrogens (tertiary/aromatic N) is 1. The molecule has 0 spiro atoms. The lowest BCUT2D eigenvalue weighted by atomic mass is 10.2. The molecule has 4 heteroatoms. The lowest BCUT2D eigenvalue weighted by Gasteiger charge is -2.11. The fourth-order valence-corrected chi connectivity index (χ4v) is 2.52. The SMILES string of the molecule is Nc1cnc2ccccc2c1OCc1cccc(Br)c1. The average molecular weight is 329 g/mol. The van der Waals surface area contributed by atoms with Crippen LogP contribution >= 0.6 is 15.9 Å². The number of halogens is 1. The summed E-state index contributed by atoms with van der Waals surface area (Å²) < 4.78 is 6.94. The fraction of sp³-hybridized carbons (Fsp3) is 0.0625. The maximum atomic E-state index is 5.98. The highest BCUT2D eigenvalue weighted by Crippen LogP contribution is 2.30. The van der Waals surface area contributed by atoms with Crippen molar-refractivity contribution in [1.82, 2.24) is 4.98 Å². The van der Waals surface area contributed by atoms with E-state index in [2.05, 4.69) is 20.9 Å². The van der Waals surface area contributed by atoms with Gasteiger partial charge in [-0.3, -0.25) is 4.98 Å². The number of benzene rings is 2. The second kappa shape index (κ2) is 5.51. The van der Waals surface area contributed by atoms with Gasteiger partial charge in [-0.25, -0.2) is 0 Å². The van der Waals surface area contributed by atoms with Crippen LogP contribution in [0.2, 0.25) is 0 Å². The van der Waals surface area contributed by atoms with Gasteiger partial charge >= 0.3 is 0 Å². The first-order chi connectivity index (χ1) is 9.74. The quantitative estimate of drug-likeness (QED) is 0.785. The fourth-order valence-electron chi connectivity index (χ4n) is 2.07. The van der Waals surface area contributed by atoms with Gasteiger partial charge in [0.05, 0.1) is 17.4 Å². The Bertz CT molecular complexity index is 758. The summed E-state index contributed by atoms with van der Waals surface area (Å²) in [4.78, 5) is 4.30. The van der Waals surface area contributed by atoms with E-state index in [1.807, 2.05) is 48.5 Å². The molecule has 3 nitrogen and oxygen atoms in total. The summed E-state index contributed by atoms with van der Waals surface area (Å²) >= 11 is 3.45. The van der Waals surface area contributed by atoms with Crippen molar-refractivity contribution in [3.8, 4) is 5.75 Å². The summed E-state index contributed by atoms with van der Waals surface area (Å²) in [6, 6.07) is 15.8. The van der Waals surface area contributed by atoms with Gasteiger partial charge in [-0.2, -0.15) is 0 Å². The minimum absolute atomic E-state index is 0.470. The van der Waals surface area contributed by atoms with Crippen LogP contribution in [0.5, 0.6) is 5.75 Å². The van der Waals surface area contributed by atoms with Crippen molar-refractivity contribution in [2.45, 2.75) is 6.61 Å². The van der Waals surface area contributed by atoms with Crippen molar-refractivity contribution in [3.63, 3.8) is 0 Å². The van der Waals surface area contributed by atoms with Crippen LogP contribution in [0.15, 0.2) is 59.2 Å². The molecule has 0 aliphatic heterocycles. The third-order valence-electron chi connectivity index (χ3n) is 3.03. The molecule has 1 aromatic heterocycles. The highest BCUT2D eigenvalue weighted by molar-refractivity contribution is 9.10. The van der Waals surface area contributed by atoms with Crippen molar-refractivity contribution < 1.29 is 4.74 Å². The second-order valence-corrected chi connectivity index (χ2v) is 5.39. The molecular formula is C16H13BrN2O. The Morgan fingerprint density at radius 2 is 1.95 bits per heavy atom. The highest BCUT2D eigenvalue weighted by atomic mass is 79.9. The van der Waals surface area contributed by atoms with Gasteiger partial charge in [0.25, 0.3) is 0 Å². The Balaban J connectivity index is 1.92. The Labute approximate surface area is 125 Å². The summed E-state index contributed by atoms with van der Waals surface area (Å²) in [6.07, 6.45) is 1.64. The van der Waals surface area contributed by atoms with E-state index in [9.17, 15) is 0 Å². The molecule has 2 aromatic carbocycles. The Hall–Kier alpha value is -2.07. The van der Waals surface area contributed by atoms with E-state index in [4.69, 9.17) is 10.5 Å². The number of ether oxygens (including phenoxy) is 1. The maximum Gasteiger partial charge on any atom is 0.153 e. The standard InChI is InChI=1S/C16H13BrN2O/c17-12-5-3-4-11(8-12)10-20-16-13-6-1-2-7-15(13)19-9-14(16)18/h1-9H,10,18H2. The van der Waals surface area contributed by atoms with Gasteiger partial charge in [0.1, 0.15) is 6.61 Å². The average Bonchev–Trinajstić information content (AvgIpc) is 2.46. The van der Waals surface area contributed by atoms with Gasteiger partial charge in [-0.1, -0.05) is 40.2 Å². The lowest BCUT2D eigenvalue weighted by molar-refractivity contribution is 0.311. The van der Waals surface area contributed by atoms with Crippen LogP contribution in [0, 0.1) is 0 Å². The molecule has 0 unspecified atom stereocenters. The van der Waals surface area contributed by atoms with Gasteiger partial charge in [0.2, 0.25) is 0 Å². The Morgan fingerprint density at radius 3 is 2.80 bits per heavy atom. The number of fused-ring (bicyclic) bond motifs is 1. The number of pyridine rings is 1. The lowest BCUT2D eigenvalue weighted by Crippen LogP contribution is -2.00. The highest BCUT2D eigenvalue weighted by Gasteiger charge is 2.07. The number of rotatable bonds is 3. The van der Waals surface area contributed by atoms with E-state index < -0.39 is 0 Å². The second-order valence-electron chi connectivity index (χ2n) is 4.48. The third-order valence-corrected chi connectivity index (χ3v) is 3.52. The first-order valence-corrected chi connectivity index (χ1v) is 7.04. The molecule has 0 saturated carbocycles. The number of nitrogens with two attached hydrogens (primary N) is 1. The van der Waals surface area contributed by atoms with Gasteiger partial charge in [-0.15, -0.1) is 0 Å². The third kappa shape index (κ3) is 2.60. The summed E-state index contributed by atoms with van der Waals surface area (Å²) in [7, 11) is 0. The Kier molecular flexibility index (Phi) is 3.56. The van der Waals surface area contributed by atoms with E-state index in [-0.39, 0.29) is 0 Å². The molecule has 3 rings (SSSR count). The van der Waals surface area contributed by atoms with E-state index in [0.717, 1.165) is 20.9 Å². The molecule has 2 N–H and O–H groups in total. The van der Waals surface area contributed by atoms with Crippen LogP contribution in [0.25, 0.3) is 10.9 Å². The normalized spacial score (nSPS) is 10.7. The van der Waals surface area contributed by atoms with Gasteiger partial charge in [-0.05, 0) is 29.8 Å². The van der Waals surface area contributed by atoms with E-state index in [0.29, 0.717) is 18.0 Å². The zero-order valence-electron chi connectivity index (χ0n) is 10.7. The zero-order valence-corrected chi connectivity index (χ0v) is 12.3. The van der Waals surface area contributed by atoms with Gasteiger partial charge < -0.3 is 10.5 Å². The van der Waals surface area contributed by atoms with Gasteiger partial charge in [0, 0.05) is 9.86 Å². The molecule has 0 saturated heterocycles. The molecule has 3 aromatic rings. The number of aromatic nitrogens is 1. The molecule has 0 aliphatic carbocycles. The molecule has 0 atom stereocenters. The van der Waals surface area contributed by atoms with Crippen molar-refractivity contribution >= 4 is 32.5 Å². The predicted molar refractivity (Wildman–Crippen MR) is 84.6 cm³/mol. The van der Waals surface area contributed by atoms with Crippen LogP contribution < -0.4 is 10.5 Å². The molecule has 1 heterocycles. The topological polar surface area (TPSA) is 48.1 Å².